The molecule has 0 radical (unpaired) electrons. The monoisotopic (exact) mass is 265 g/mol. The number of rotatable bonds is 7. The Hall–Kier alpha value is -1.69. The summed E-state index contributed by atoms with van der Waals surface area (Å²) >= 11 is 0. The van der Waals surface area contributed by atoms with E-state index in [1.54, 1.807) is 6.07 Å². The Morgan fingerprint density at radius 3 is 2.74 bits per heavy atom. The van der Waals surface area contributed by atoms with Crippen LogP contribution >= 0.6 is 0 Å². The number of amides is 1. The summed E-state index contributed by atoms with van der Waals surface area (Å²) in [6.07, 6.45) is 1.41. The second-order valence-electron chi connectivity index (χ2n) is 5.12. The van der Waals surface area contributed by atoms with Crippen LogP contribution in [0.1, 0.15) is 24.3 Å². The summed E-state index contributed by atoms with van der Waals surface area (Å²) in [6.45, 7) is 6.45. The standard InChI is InChI=1S/C13H23N5O/c1-10(2)8-15-12-7-11(16-9-17-12)13(19)14-5-6-18(3)4/h7,9-10H,5-6,8H2,1-4H3,(H,14,19)(H,15,16,17). The SMILES string of the molecule is CC(C)CNc1cc(C(=O)NCCN(C)C)ncn1. The van der Waals surface area contributed by atoms with Crippen molar-refractivity contribution in [2.75, 3.05) is 39.0 Å². The van der Waals surface area contributed by atoms with Crippen LogP contribution < -0.4 is 10.6 Å². The van der Waals surface area contributed by atoms with Crippen LogP contribution in [0.4, 0.5) is 5.82 Å². The van der Waals surface area contributed by atoms with Crippen LogP contribution in [0.25, 0.3) is 0 Å². The molecule has 0 aliphatic rings. The number of hydrogen-bond donors (Lipinski definition) is 2. The number of likely N-dealkylation sites (N-methyl/N-ethyl adjacent to an activating group) is 1. The van der Waals surface area contributed by atoms with E-state index in [2.05, 4.69) is 34.4 Å². The number of nitrogens with one attached hydrogen (secondary N) is 2. The molecule has 0 saturated heterocycles. The first-order valence-corrected chi connectivity index (χ1v) is 6.48. The molecule has 0 unspecified atom stereocenters. The van der Waals surface area contributed by atoms with E-state index in [0.717, 1.165) is 13.1 Å². The second kappa shape index (κ2) is 7.68. The fourth-order valence-electron chi connectivity index (χ4n) is 1.37. The highest BCUT2D eigenvalue weighted by Crippen LogP contribution is 2.05. The van der Waals surface area contributed by atoms with Gasteiger partial charge in [-0.2, -0.15) is 0 Å². The fraction of sp³-hybridized carbons (Fsp3) is 0.615. The first-order valence-electron chi connectivity index (χ1n) is 6.48. The third-order valence-corrected chi connectivity index (χ3v) is 2.44. The van der Waals surface area contributed by atoms with Crippen LogP contribution in [0.5, 0.6) is 0 Å². The molecule has 0 spiro atoms. The predicted octanol–water partition coefficient (Wildman–Crippen LogP) is 0.836. The van der Waals surface area contributed by atoms with Crippen LogP contribution in [-0.2, 0) is 0 Å². The topological polar surface area (TPSA) is 70.2 Å². The fourth-order valence-corrected chi connectivity index (χ4v) is 1.37. The van der Waals surface area contributed by atoms with E-state index in [4.69, 9.17) is 0 Å². The van der Waals surface area contributed by atoms with Gasteiger partial charge in [-0.3, -0.25) is 4.79 Å². The third kappa shape index (κ3) is 6.15. The minimum Gasteiger partial charge on any atom is -0.370 e. The van der Waals surface area contributed by atoms with Gasteiger partial charge in [0.1, 0.15) is 17.8 Å². The smallest absolute Gasteiger partial charge is 0.270 e. The van der Waals surface area contributed by atoms with E-state index < -0.39 is 0 Å². The predicted molar refractivity (Wildman–Crippen MR) is 76.2 cm³/mol. The number of carbonyl (C=O) groups excluding carboxylic acids is 1. The molecule has 2 N–H and O–H groups in total. The van der Waals surface area contributed by atoms with Gasteiger partial charge in [0.25, 0.3) is 5.91 Å². The number of hydrogen-bond acceptors (Lipinski definition) is 5. The van der Waals surface area contributed by atoms with Gasteiger partial charge in [-0.1, -0.05) is 13.8 Å². The summed E-state index contributed by atoms with van der Waals surface area (Å²) in [5, 5.41) is 6.00. The quantitative estimate of drug-likeness (QED) is 0.764. The molecule has 0 aromatic carbocycles. The van der Waals surface area contributed by atoms with Gasteiger partial charge in [-0.25, -0.2) is 9.97 Å². The Kier molecular flexibility index (Phi) is 6.21. The lowest BCUT2D eigenvalue weighted by atomic mass is 10.2. The van der Waals surface area contributed by atoms with E-state index >= 15 is 0 Å². The lowest BCUT2D eigenvalue weighted by Crippen LogP contribution is -2.31. The molecule has 1 rings (SSSR count). The zero-order chi connectivity index (χ0) is 14.3. The number of carbonyl (C=O) groups is 1. The molecule has 19 heavy (non-hydrogen) atoms. The number of anilines is 1. The molecule has 0 bridgehead atoms. The van der Waals surface area contributed by atoms with Gasteiger partial charge in [-0.05, 0) is 20.0 Å². The van der Waals surface area contributed by atoms with E-state index in [1.165, 1.54) is 6.33 Å². The normalized spacial score (nSPS) is 10.8. The minimum absolute atomic E-state index is 0.170. The summed E-state index contributed by atoms with van der Waals surface area (Å²) in [6, 6.07) is 1.67. The van der Waals surface area contributed by atoms with Gasteiger partial charge in [0.2, 0.25) is 0 Å². The van der Waals surface area contributed by atoms with Crippen molar-refractivity contribution in [2.45, 2.75) is 13.8 Å². The number of nitrogens with zero attached hydrogens (tertiary/aromatic N) is 3. The van der Waals surface area contributed by atoms with Gasteiger partial charge in [-0.15, -0.1) is 0 Å². The highest BCUT2D eigenvalue weighted by atomic mass is 16.1. The van der Waals surface area contributed by atoms with Crippen molar-refractivity contribution >= 4 is 11.7 Å². The van der Waals surface area contributed by atoms with Crippen LogP contribution in [0, 0.1) is 5.92 Å². The van der Waals surface area contributed by atoms with E-state index in [1.807, 2.05) is 19.0 Å². The van der Waals surface area contributed by atoms with Gasteiger partial charge >= 0.3 is 0 Å². The average molecular weight is 265 g/mol. The largest absolute Gasteiger partial charge is 0.370 e. The molecule has 0 atom stereocenters. The molecular formula is C13H23N5O. The number of aromatic nitrogens is 2. The maximum Gasteiger partial charge on any atom is 0.270 e. The molecule has 6 nitrogen and oxygen atoms in total. The summed E-state index contributed by atoms with van der Waals surface area (Å²) in [7, 11) is 3.93. The van der Waals surface area contributed by atoms with Crippen LogP contribution in [0.2, 0.25) is 0 Å². The molecular weight excluding hydrogens is 242 g/mol. The summed E-state index contributed by atoms with van der Waals surface area (Å²) in [4.78, 5) is 22.0. The van der Waals surface area contributed by atoms with Crippen molar-refractivity contribution in [2.24, 2.45) is 5.92 Å². The molecule has 6 heteroatoms. The Morgan fingerprint density at radius 1 is 1.37 bits per heavy atom. The van der Waals surface area contributed by atoms with Gasteiger partial charge < -0.3 is 15.5 Å². The van der Waals surface area contributed by atoms with Crippen LogP contribution in [-0.4, -0.2) is 54.5 Å². The molecule has 1 amide bonds. The molecule has 0 fully saturated rings. The molecule has 1 aromatic rings. The molecule has 0 aliphatic heterocycles. The van der Waals surface area contributed by atoms with E-state index in [9.17, 15) is 4.79 Å². The van der Waals surface area contributed by atoms with Crippen molar-refractivity contribution in [1.29, 1.82) is 0 Å². The zero-order valence-corrected chi connectivity index (χ0v) is 12.1. The van der Waals surface area contributed by atoms with Crippen LogP contribution in [0.3, 0.4) is 0 Å². The molecule has 1 heterocycles. The first-order chi connectivity index (χ1) is 8.99. The highest BCUT2D eigenvalue weighted by Gasteiger charge is 2.08. The lowest BCUT2D eigenvalue weighted by Gasteiger charge is -2.11. The van der Waals surface area contributed by atoms with Crippen molar-refractivity contribution in [3.05, 3.63) is 18.1 Å². The molecule has 0 saturated carbocycles. The van der Waals surface area contributed by atoms with Crippen molar-refractivity contribution in [3.63, 3.8) is 0 Å². The second-order valence-corrected chi connectivity index (χ2v) is 5.12. The maximum atomic E-state index is 11.9. The van der Waals surface area contributed by atoms with Gasteiger partial charge in [0.15, 0.2) is 0 Å². The van der Waals surface area contributed by atoms with Crippen LogP contribution in [0.15, 0.2) is 12.4 Å². The Bertz CT molecular complexity index is 406. The summed E-state index contributed by atoms with van der Waals surface area (Å²) in [5.41, 5.74) is 0.389. The lowest BCUT2D eigenvalue weighted by molar-refractivity contribution is 0.0946. The Labute approximate surface area is 114 Å². The summed E-state index contributed by atoms with van der Waals surface area (Å²) < 4.78 is 0. The maximum absolute atomic E-state index is 11.9. The van der Waals surface area contributed by atoms with Crippen molar-refractivity contribution in [1.82, 2.24) is 20.2 Å². The van der Waals surface area contributed by atoms with Gasteiger partial charge in [0.05, 0.1) is 0 Å². The molecule has 1 aromatic heterocycles. The molecule has 106 valence electrons. The first kappa shape index (κ1) is 15.4. The van der Waals surface area contributed by atoms with Crippen molar-refractivity contribution in [3.8, 4) is 0 Å². The van der Waals surface area contributed by atoms with Gasteiger partial charge in [0, 0.05) is 25.7 Å². The zero-order valence-electron chi connectivity index (χ0n) is 12.1. The van der Waals surface area contributed by atoms with Crippen molar-refractivity contribution < 1.29 is 4.79 Å². The molecule has 0 aliphatic carbocycles. The van der Waals surface area contributed by atoms with E-state index in [-0.39, 0.29) is 5.91 Å². The Balaban J connectivity index is 2.52. The Morgan fingerprint density at radius 2 is 2.11 bits per heavy atom. The average Bonchev–Trinajstić information content (AvgIpc) is 2.36. The summed E-state index contributed by atoms with van der Waals surface area (Å²) in [5.74, 6) is 1.03. The minimum atomic E-state index is -0.170. The highest BCUT2D eigenvalue weighted by molar-refractivity contribution is 5.92. The third-order valence-electron chi connectivity index (χ3n) is 2.44. The van der Waals surface area contributed by atoms with E-state index in [0.29, 0.717) is 24.0 Å².